The Kier molecular flexibility index (Phi) is 14.7. The van der Waals surface area contributed by atoms with E-state index in [-0.39, 0.29) is 0 Å². The van der Waals surface area contributed by atoms with Crippen molar-refractivity contribution in [3.8, 4) is 0 Å². The van der Waals surface area contributed by atoms with E-state index in [0.29, 0.717) is 0 Å². The summed E-state index contributed by atoms with van der Waals surface area (Å²) < 4.78 is 0. The van der Waals surface area contributed by atoms with Gasteiger partial charge in [-0.1, -0.05) is 12.8 Å². The minimum Gasteiger partial charge on any atom is -0.450 e. The first-order valence-corrected chi connectivity index (χ1v) is 3.97. The molecule has 0 bridgehead atoms. The fraction of sp³-hybridized carbons (Fsp3) is 0.857. The van der Waals surface area contributed by atoms with E-state index in [1.54, 1.807) is 0 Å². The SMILES string of the molecule is NCCCCCCN.O=C(O)O. The quantitative estimate of drug-likeness (QED) is 0.463. The van der Waals surface area contributed by atoms with Gasteiger partial charge in [0.1, 0.15) is 0 Å². The van der Waals surface area contributed by atoms with Crippen molar-refractivity contribution in [2.24, 2.45) is 11.5 Å². The normalized spacial score (nSPS) is 8.50. The summed E-state index contributed by atoms with van der Waals surface area (Å²) >= 11 is 0. The van der Waals surface area contributed by atoms with Crippen LogP contribution in [0.25, 0.3) is 0 Å². The average Bonchev–Trinajstić information content (AvgIpc) is 1.97. The topological polar surface area (TPSA) is 110 Å². The zero-order valence-corrected chi connectivity index (χ0v) is 7.20. The van der Waals surface area contributed by atoms with Crippen molar-refractivity contribution in [1.82, 2.24) is 0 Å². The average molecular weight is 178 g/mol. The molecule has 0 saturated carbocycles. The van der Waals surface area contributed by atoms with Crippen LogP contribution in [0.3, 0.4) is 0 Å². The smallest absolute Gasteiger partial charge is 0.450 e. The molecule has 0 radical (unpaired) electrons. The fourth-order valence-corrected chi connectivity index (χ4v) is 0.642. The van der Waals surface area contributed by atoms with E-state index >= 15 is 0 Å². The molecule has 0 rings (SSSR count). The van der Waals surface area contributed by atoms with Crippen molar-refractivity contribution < 1.29 is 15.0 Å². The summed E-state index contributed by atoms with van der Waals surface area (Å²) in [6.45, 7) is 1.65. The van der Waals surface area contributed by atoms with Crippen LogP contribution < -0.4 is 11.5 Å². The lowest BCUT2D eigenvalue weighted by Crippen LogP contribution is -2.00. The second-order valence-electron chi connectivity index (χ2n) is 2.27. The molecule has 0 aromatic heterocycles. The lowest BCUT2D eigenvalue weighted by molar-refractivity contribution is 0.137. The van der Waals surface area contributed by atoms with E-state index < -0.39 is 6.16 Å². The molecule has 12 heavy (non-hydrogen) atoms. The third-order valence-electron chi connectivity index (χ3n) is 1.16. The fourth-order valence-electron chi connectivity index (χ4n) is 0.642. The van der Waals surface area contributed by atoms with Gasteiger partial charge in [0, 0.05) is 0 Å². The van der Waals surface area contributed by atoms with Gasteiger partial charge in [0.2, 0.25) is 0 Å². The van der Waals surface area contributed by atoms with E-state index in [0.717, 1.165) is 25.9 Å². The molecule has 0 aromatic carbocycles. The molecule has 5 heteroatoms. The molecule has 0 spiro atoms. The van der Waals surface area contributed by atoms with Gasteiger partial charge in [0.15, 0.2) is 0 Å². The molecule has 0 saturated heterocycles. The molecule has 0 aliphatic carbocycles. The molecule has 0 aliphatic rings. The zero-order valence-electron chi connectivity index (χ0n) is 7.20. The maximum atomic E-state index is 8.56. The molecule has 6 N–H and O–H groups in total. The van der Waals surface area contributed by atoms with Crippen LogP contribution in [0.15, 0.2) is 0 Å². The highest BCUT2D eigenvalue weighted by Gasteiger charge is 1.83. The molecule has 0 fully saturated rings. The number of nitrogens with two attached hydrogens (primary N) is 2. The highest BCUT2D eigenvalue weighted by atomic mass is 16.6. The number of hydrogen-bond donors (Lipinski definition) is 4. The van der Waals surface area contributed by atoms with Crippen LogP contribution in [0.1, 0.15) is 25.7 Å². The lowest BCUT2D eigenvalue weighted by Gasteiger charge is -1.94. The molecular weight excluding hydrogens is 160 g/mol. The van der Waals surface area contributed by atoms with E-state index in [1.807, 2.05) is 0 Å². The van der Waals surface area contributed by atoms with Crippen molar-refractivity contribution in [3.63, 3.8) is 0 Å². The van der Waals surface area contributed by atoms with Gasteiger partial charge in [0.05, 0.1) is 0 Å². The molecule has 0 heterocycles. The lowest BCUT2D eigenvalue weighted by atomic mass is 10.2. The largest absolute Gasteiger partial charge is 0.503 e. The van der Waals surface area contributed by atoms with Crippen molar-refractivity contribution in [3.05, 3.63) is 0 Å². The number of unbranched alkanes of at least 4 members (excludes halogenated alkanes) is 3. The molecule has 74 valence electrons. The first-order valence-electron chi connectivity index (χ1n) is 3.97. The van der Waals surface area contributed by atoms with Crippen molar-refractivity contribution >= 4 is 6.16 Å². The minimum absolute atomic E-state index is 0.824. The molecule has 0 amide bonds. The van der Waals surface area contributed by atoms with E-state index in [1.165, 1.54) is 12.8 Å². The van der Waals surface area contributed by atoms with Crippen LogP contribution in [0.5, 0.6) is 0 Å². The molecule has 0 unspecified atom stereocenters. The molecule has 0 atom stereocenters. The second-order valence-corrected chi connectivity index (χ2v) is 2.27. The summed E-state index contributed by atoms with van der Waals surface area (Å²) in [4.78, 5) is 8.56. The van der Waals surface area contributed by atoms with E-state index in [9.17, 15) is 0 Å². The second kappa shape index (κ2) is 12.8. The van der Waals surface area contributed by atoms with Crippen LogP contribution in [0.4, 0.5) is 4.79 Å². The van der Waals surface area contributed by atoms with Gasteiger partial charge in [-0.15, -0.1) is 0 Å². The zero-order chi connectivity index (χ0) is 9.82. The maximum Gasteiger partial charge on any atom is 0.503 e. The summed E-state index contributed by atoms with van der Waals surface area (Å²) in [5.74, 6) is 0. The van der Waals surface area contributed by atoms with Gasteiger partial charge in [-0.05, 0) is 25.9 Å². The van der Waals surface area contributed by atoms with Crippen LogP contribution in [0.2, 0.25) is 0 Å². The Morgan fingerprint density at radius 1 is 0.917 bits per heavy atom. The van der Waals surface area contributed by atoms with Crippen LogP contribution >= 0.6 is 0 Å². The van der Waals surface area contributed by atoms with Crippen molar-refractivity contribution in [1.29, 1.82) is 0 Å². The summed E-state index contributed by atoms with van der Waals surface area (Å²) in [5.41, 5.74) is 10.6. The number of hydrogen-bond acceptors (Lipinski definition) is 3. The first kappa shape index (κ1) is 13.8. The molecule has 0 aromatic rings. The highest BCUT2D eigenvalue weighted by Crippen LogP contribution is 1.95. The van der Waals surface area contributed by atoms with Gasteiger partial charge < -0.3 is 21.7 Å². The first-order chi connectivity index (χ1) is 5.65. The minimum atomic E-state index is -1.83. The Bertz CT molecular complexity index is 88.7. The summed E-state index contributed by atoms with van der Waals surface area (Å²) in [6.07, 6.45) is 2.96. The van der Waals surface area contributed by atoms with Crippen LogP contribution in [0, 0.1) is 0 Å². The third-order valence-corrected chi connectivity index (χ3v) is 1.16. The van der Waals surface area contributed by atoms with E-state index in [4.69, 9.17) is 26.5 Å². The number of carbonyl (C=O) groups is 1. The monoisotopic (exact) mass is 178 g/mol. The third kappa shape index (κ3) is 35.1. The summed E-state index contributed by atoms with van der Waals surface area (Å²) in [7, 11) is 0. The molecular formula is C7H18N2O3. The Morgan fingerprint density at radius 3 is 1.33 bits per heavy atom. The maximum absolute atomic E-state index is 8.56. The summed E-state index contributed by atoms with van der Waals surface area (Å²) in [5, 5.41) is 13.9. The Balaban J connectivity index is 0. The Morgan fingerprint density at radius 2 is 1.17 bits per heavy atom. The highest BCUT2D eigenvalue weighted by molar-refractivity contribution is 5.53. The predicted octanol–water partition coefficient (Wildman–Crippen LogP) is 0.687. The number of rotatable bonds is 5. The van der Waals surface area contributed by atoms with E-state index in [2.05, 4.69) is 0 Å². The van der Waals surface area contributed by atoms with Crippen molar-refractivity contribution in [2.45, 2.75) is 25.7 Å². The Hall–Kier alpha value is -0.810. The van der Waals surface area contributed by atoms with Crippen LogP contribution in [-0.4, -0.2) is 29.5 Å². The predicted molar refractivity (Wildman–Crippen MR) is 47.2 cm³/mol. The number of carboxylic acid groups (broad SMARTS) is 2. The molecule has 0 aliphatic heterocycles. The standard InChI is InChI=1S/C6H16N2.CH2O3/c7-5-3-1-2-4-6-8;2-1(3)4/h1-8H2;(H2,2,3,4). The van der Waals surface area contributed by atoms with Gasteiger partial charge in [-0.2, -0.15) is 0 Å². The summed E-state index contributed by atoms with van der Waals surface area (Å²) in [6, 6.07) is 0. The van der Waals surface area contributed by atoms with Gasteiger partial charge in [-0.3, -0.25) is 0 Å². The van der Waals surface area contributed by atoms with Crippen molar-refractivity contribution in [2.75, 3.05) is 13.1 Å². The van der Waals surface area contributed by atoms with Gasteiger partial charge >= 0.3 is 6.16 Å². The van der Waals surface area contributed by atoms with Crippen LogP contribution in [-0.2, 0) is 0 Å². The van der Waals surface area contributed by atoms with Gasteiger partial charge in [0.25, 0.3) is 0 Å². The van der Waals surface area contributed by atoms with Gasteiger partial charge in [-0.25, -0.2) is 4.79 Å². The Labute approximate surface area is 72.4 Å². The molecule has 5 nitrogen and oxygen atoms in total.